The summed E-state index contributed by atoms with van der Waals surface area (Å²) < 4.78 is 13.8. The Morgan fingerprint density at radius 3 is 2.30 bits per heavy atom. The van der Waals surface area contributed by atoms with Crippen LogP contribution in [0.15, 0.2) is 102 Å². The van der Waals surface area contributed by atoms with Crippen molar-refractivity contribution in [1.82, 2.24) is 29.7 Å². The summed E-state index contributed by atoms with van der Waals surface area (Å²) in [5, 5.41) is 33.5. The molecule has 2 saturated heterocycles. The highest BCUT2D eigenvalue weighted by molar-refractivity contribution is 5.87. The quantitative estimate of drug-likeness (QED) is 0.147. The molecule has 5 unspecified atom stereocenters. The largest absolute Gasteiger partial charge is 0.462 e. The van der Waals surface area contributed by atoms with Gasteiger partial charge in [-0.15, -0.1) is 0 Å². The number of benzene rings is 4. The van der Waals surface area contributed by atoms with Crippen molar-refractivity contribution in [2.24, 2.45) is 0 Å². The number of nitrogens with zero attached hydrogens (tertiary/aromatic N) is 4. The topological polar surface area (TPSA) is 175 Å². The predicted molar refractivity (Wildman–Crippen MR) is 203 cm³/mol. The Bertz CT molecular complexity index is 2320. The molecule has 2 aromatic heterocycles. The van der Waals surface area contributed by atoms with E-state index in [1.807, 2.05) is 59.2 Å². The zero-order valence-electron chi connectivity index (χ0n) is 29.7. The van der Waals surface area contributed by atoms with Crippen LogP contribution in [-0.4, -0.2) is 96.0 Å². The molecule has 0 bridgehead atoms. The van der Waals surface area contributed by atoms with Crippen molar-refractivity contribution in [2.75, 3.05) is 19.7 Å². The first kappa shape index (κ1) is 35.6. The maximum absolute atomic E-state index is 12.8. The van der Waals surface area contributed by atoms with Gasteiger partial charge in [-0.05, 0) is 42.7 Å². The second kappa shape index (κ2) is 15.1. The molecule has 1 amide bonds. The number of rotatable bonds is 9. The molecule has 278 valence electrons. The molecule has 8 rings (SSSR count). The van der Waals surface area contributed by atoms with E-state index < -0.39 is 43.2 Å². The summed E-state index contributed by atoms with van der Waals surface area (Å²) in [5.41, 5.74) is 7.34. The Kier molecular flexibility index (Phi) is 9.97. The van der Waals surface area contributed by atoms with Crippen LogP contribution in [0.1, 0.15) is 31.4 Å². The minimum atomic E-state index is -1.43. The maximum atomic E-state index is 12.8. The van der Waals surface area contributed by atoms with E-state index >= 15 is 0 Å². The fourth-order valence-electron chi connectivity index (χ4n) is 7.61. The molecule has 13 heteroatoms. The third kappa shape index (κ3) is 7.11. The van der Waals surface area contributed by atoms with E-state index in [1.54, 1.807) is 18.2 Å². The molecule has 0 aliphatic carbocycles. The minimum absolute atomic E-state index is 0.0498. The molecule has 54 heavy (non-hydrogen) atoms. The van der Waals surface area contributed by atoms with Gasteiger partial charge in [-0.2, -0.15) is 0 Å². The molecule has 4 heterocycles. The minimum Gasteiger partial charge on any atom is -0.462 e. The number of nitrogens with one attached hydrogen (secondary N) is 2. The molecule has 4 aromatic carbocycles. The van der Waals surface area contributed by atoms with Gasteiger partial charge in [0.25, 0.3) is 0 Å². The van der Waals surface area contributed by atoms with Gasteiger partial charge in [-0.1, -0.05) is 66.7 Å². The number of amides is 1. The molecule has 2 aliphatic heterocycles. The molecule has 2 fully saturated rings. The lowest BCUT2D eigenvalue weighted by Crippen LogP contribution is -2.65. The number of aromatic nitrogens is 4. The zero-order chi connectivity index (χ0) is 37.3. The number of carbonyl (C=O) groups excluding carboxylic acids is 1. The fraction of sp³-hybridized carbons (Fsp3) is 0.317. The first-order chi connectivity index (χ1) is 26.2. The van der Waals surface area contributed by atoms with E-state index in [2.05, 4.69) is 39.5 Å². The Balaban J connectivity index is 1.03. The summed E-state index contributed by atoms with van der Waals surface area (Å²) in [6.45, 7) is 3.30. The van der Waals surface area contributed by atoms with Gasteiger partial charge in [0.15, 0.2) is 0 Å². The molecule has 0 saturated carbocycles. The van der Waals surface area contributed by atoms with Crippen molar-refractivity contribution >= 4 is 28.0 Å². The maximum Gasteiger partial charge on any atom is 0.326 e. The third-order valence-electron chi connectivity index (χ3n) is 10.4. The lowest BCUT2D eigenvalue weighted by atomic mass is 9.97. The van der Waals surface area contributed by atoms with Crippen molar-refractivity contribution in [3.63, 3.8) is 0 Å². The number of piperidine rings is 1. The molecule has 2 aliphatic rings. The van der Waals surface area contributed by atoms with Crippen LogP contribution in [0.3, 0.4) is 0 Å². The zero-order valence-corrected chi connectivity index (χ0v) is 29.7. The summed E-state index contributed by atoms with van der Waals surface area (Å²) in [6.07, 6.45) is -3.38. The van der Waals surface area contributed by atoms with Crippen LogP contribution in [0.25, 0.3) is 44.6 Å². The monoisotopic (exact) mass is 730 g/mol. The van der Waals surface area contributed by atoms with Gasteiger partial charge < -0.3 is 35.1 Å². The normalized spacial score (nSPS) is 22.4. The predicted octanol–water partition coefficient (Wildman–Crippen LogP) is 3.77. The molecular weight excluding hydrogens is 688 g/mol. The number of imidazole rings is 1. The highest BCUT2D eigenvalue weighted by atomic mass is 16.7. The van der Waals surface area contributed by atoms with E-state index in [-0.39, 0.29) is 11.7 Å². The van der Waals surface area contributed by atoms with Crippen LogP contribution in [0, 0.1) is 0 Å². The van der Waals surface area contributed by atoms with Gasteiger partial charge in [0, 0.05) is 49.8 Å². The van der Waals surface area contributed by atoms with Crippen molar-refractivity contribution in [3.8, 4) is 28.3 Å². The average molecular weight is 731 g/mol. The van der Waals surface area contributed by atoms with E-state index in [4.69, 9.17) is 19.4 Å². The van der Waals surface area contributed by atoms with E-state index in [1.165, 1.54) is 12.5 Å². The average Bonchev–Trinajstić information content (AvgIpc) is 3.53. The second-order valence-corrected chi connectivity index (χ2v) is 14.0. The van der Waals surface area contributed by atoms with Gasteiger partial charge in [-0.3, -0.25) is 14.3 Å². The van der Waals surface area contributed by atoms with Gasteiger partial charge in [0.2, 0.25) is 12.2 Å². The summed E-state index contributed by atoms with van der Waals surface area (Å²) in [5.74, 6) is -0.104. The van der Waals surface area contributed by atoms with Crippen molar-refractivity contribution in [1.29, 1.82) is 0 Å². The summed E-state index contributed by atoms with van der Waals surface area (Å²) in [4.78, 5) is 40.2. The van der Waals surface area contributed by atoms with Gasteiger partial charge in [0.05, 0.1) is 40.1 Å². The lowest BCUT2D eigenvalue weighted by Gasteiger charge is -2.42. The number of hydrogen-bond acceptors (Lipinski definition) is 10. The molecule has 5 atom stereocenters. The number of aliphatic hydroxyl groups is 3. The number of likely N-dealkylation sites (tertiary alicyclic amines) is 1. The number of carbonyl (C=O) groups is 1. The number of aliphatic hydroxyl groups excluding tert-OH is 3. The van der Waals surface area contributed by atoms with Crippen LogP contribution >= 0.6 is 0 Å². The van der Waals surface area contributed by atoms with Crippen LogP contribution in [-0.2, 0) is 16.1 Å². The highest BCUT2D eigenvalue weighted by Gasteiger charge is 2.46. The third-order valence-corrected chi connectivity index (χ3v) is 10.4. The fourth-order valence-corrected chi connectivity index (χ4v) is 7.61. The number of para-hydroxylation sites is 2. The highest BCUT2D eigenvalue weighted by Crippen LogP contribution is 2.34. The molecular formula is C41H42N6O7. The molecule has 13 nitrogen and oxygen atoms in total. The summed E-state index contributed by atoms with van der Waals surface area (Å²) >= 11 is 0. The summed E-state index contributed by atoms with van der Waals surface area (Å²) in [6, 6.07) is 30.3. The van der Waals surface area contributed by atoms with Crippen molar-refractivity contribution in [3.05, 3.63) is 113 Å². The number of fused-ring (bicyclic) bond motifs is 2. The molecule has 6 aromatic rings. The molecule has 0 radical (unpaired) electrons. The smallest absolute Gasteiger partial charge is 0.326 e. The number of ether oxygens (including phenoxy) is 2. The second-order valence-electron chi connectivity index (χ2n) is 14.0. The van der Waals surface area contributed by atoms with Gasteiger partial charge >= 0.3 is 5.69 Å². The summed E-state index contributed by atoms with van der Waals surface area (Å²) in [7, 11) is 0. The van der Waals surface area contributed by atoms with Crippen LogP contribution in [0.2, 0.25) is 0 Å². The van der Waals surface area contributed by atoms with Crippen molar-refractivity contribution in [2.45, 2.75) is 63.0 Å². The number of hydrogen-bond donors (Lipinski definition) is 5. The van der Waals surface area contributed by atoms with Crippen LogP contribution in [0.4, 0.5) is 0 Å². The van der Waals surface area contributed by atoms with Crippen LogP contribution in [0.5, 0.6) is 5.75 Å². The lowest BCUT2D eigenvalue weighted by molar-refractivity contribution is -0.244. The van der Waals surface area contributed by atoms with Gasteiger partial charge in [-0.25, -0.2) is 14.8 Å². The Morgan fingerprint density at radius 2 is 1.57 bits per heavy atom. The SMILES string of the molecule is CC(=O)NC1C(Oc2ccc3nc(-c4ccccc4)c(-c4ccc(CN5CCC(n6c(=O)[nH]c7ccccc76)CC5)cc4)nc3c2)OC(CO)C(O)C1O. The van der Waals surface area contributed by atoms with E-state index in [0.717, 1.165) is 60.3 Å². The Labute approximate surface area is 310 Å². The van der Waals surface area contributed by atoms with E-state index in [9.17, 15) is 24.9 Å². The van der Waals surface area contributed by atoms with E-state index in [0.29, 0.717) is 22.5 Å². The van der Waals surface area contributed by atoms with Gasteiger partial charge in [0.1, 0.15) is 30.1 Å². The van der Waals surface area contributed by atoms with Crippen LogP contribution < -0.4 is 15.7 Å². The number of aromatic amines is 1. The van der Waals surface area contributed by atoms with Crippen molar-refractivity contribution < 1.29 is 29.6 Å². The Morgan fingerprint density at radius 1 is 0.889 bits per heavy atom. The molecule has 5 N–H and O–H groups in total. The number of H-pyrrole nitrogens is 1. The standard InChI is InChI=1S/C41H42N6O7/c1-24(49)42-37-39(51)38(50)34(23-48)54-40(37)53-29-15-16-30-32(21-29)44-36(35(43-30)26-7-3-2-4-8-26)27-13-11-25(12-14-27)22-46-19-17-28(18-20-46)47-33-10-6-5-9-31(33)45-41(47)52/h2-16,21,28,34,37-40,48,50-51H,17-20,22-23H2,1H3,(H,42,49)(H,45,52). The molecule has 0 spiro atoms. The first-order valence-corrected chi connectivity index (χ1v) is 18.2. The first-order valence-electron chi connectivity index (χ1n) is 18.2. The Hall–Kier alpha value is -5.44.